The lowest BCUT2D eigenvalue weighted by atomic mass is 10.3. The van der Waals surface area contributed by atoms with Gasteiger partial charge in [-0.15, -0.1) is 22.7 Å². The quantitative estimate of drug-likeness (QED) is 0.539. The van der Waals surface area contributed by atoms with Crippen LogP contribution in [-0.4, -0.2) is 5.91 Å². The first kappa shape index (κ1) is 14.1. The molecule has 2 heterocycles. The Balaban J connectivity index is 1.91. The van der Waals surface area contributed by atoms with Gasteiger partial charge in [0, 0.05) is 24.0 Å². The third kappa shape index (κ3) is 2.63. The van der Waals surface area contributed by atoms with Crippen LogP contribution in [0.3, 0.4) is 0 Å². The van der Waals surface area contributed by atoms with Gasteiger partial charge in [-0.3, -0.25) is 4.79 Å². The van der Waals surface area contributed by atoms with Crippen LogP contribution in [0.15, 0.2) is 38.6 Å². The maximum Gasteiger partial charge on any atom is 0.265 e. The Hall–Kier alpha value is -0.890. The largest absolute Gasteiger partial charge is 0.399 e. The van der Waals surface area contributed by atoms with Crippen molar-refractivity contribution in [1.82, 2.24) is 0 Å². The molecule has 3 aromatic rings. The highest BCUT2D eigenvalue weighted by molar-refractivity contribution is 9.11. The number of amides is 1. The molecule has 0 atom stereocenters. The van der Waals surface area contributed by atoms with Crippen molar-refractivity contribution < 1.29 is 4.79 Å². The second kappa shape index (κ2) is 5.48. The second-order valence-corrected chi connectivity index (χ2v) is 7.81. The van der Waals surface area contributed by atoms with Crippen LogP contribution in [-0.2, 0) is 0 Å². The molecule has 20 heavy (non-hydrogen) atoms. The van der Waals surface area contributed by atoms with Crippen LogP contribution in [0.5, 0.6) is 0 Å². The molecule has 0 spiro atoms. The van der Waals surface area contributed by atoms with E-state index in [1.54, 1.807) is 23.5 Å². The fourth-order valence-corrected chi connectivity index (χ4v) is 5.19. The number of benzene rings is 1. The molecule has 0 saturated heterocycles. The monoisotopic (exact) mass is 430 g/mol. The minimum absolute atomic E-state index is 0.121. The molecule has 3 nitrogen and oxygen atoms in total. The van der Waals surface area contributed by atoms with Crippen molar-refractivity contribution in [2.45, 2.75) is 0 Å². The number of thiophene rings is 2. The number of carbonyl (C=O) groups is 1. The molecule has 3 N–H and O–H groups in total. The Morgan fingerprint density at radius 3 is 2.50 bits per heavy atom. The van der Waals surface area contributed by atoms with E-state index in [-0.39, 0.29) is 5.91 Å². The van der Waals surface area contributed by atoms with Crippen molar-refractivity contribution in [3.8, 4) is 0 Å². The zero-order valence-corrected chi connectivity index (χ0v) is 14.7. The Labute approximate surface area is 140 Å². The van der Waals surface area contributed by atoms with Crippen LogP contribution >= 0.6 is 54.5 Å². The summed E-state index contributed by atoms with van der Waals surface area (Å²) in [6.07, 6.45) is 0. The van der Waals surface area contributed by atoms with Gasteiger partial charge in [-0.1, -0.05) is 0 Å². The summed E-state index contributed by atoms with van der Waals surface area (Å²) in [4.78, 5) is 13.0. The van der Waals surface area contributed by atoms with Gasteiger partial charge in [0.2, 0.25) is 0 Å². The average molecular weight is 432 g/mol. The van der Waals surface area contributed by atoms with Gasteiger partial charge in [-0.2, -0.15) is 0 Å². The van der Waals surface area contributed by atoms with E-state index in [9.17, 15) is 4.79 Å². The summed E-state index contributed by atoms with van der Waals surface area (Å²) in [5.74, 6) is -0.121. The summed E-state index contributed by atoms with van der Waals surface area (Å²) in [5.41, 5.74) is 7.04. The number of fused-ring (bicyclic) bond motifs is 1. The molecule has 1 amide bonds. The van der Waals surface area contributed by atoms with Gasteiger partial charge in [-0.05, 0) is 61.5 Å². The summed E-state index contributed by atoms with van der Waals surface area (Å²) in [6, 6.07) is 7.45. The molecule has 0 saturated carbocycles. The van der Waals surface area contributed by atoms with Gasteiger partial charge in [0.25, 0.3) is 5.91 Å². The van der Waals surface area contributed by atoms with E-state index in [1.807, 2.05) is 17.5 Å². The number of nitrogens with one attached hydrogen (secondary N) is 1. The standard InChI is InChI=1S/C13H8Br2N2OS2/c14-7-3-6(16)4-8(15)12(7)17-13(18)11-5-10-9(20-11)1-2-19-10/h1-5H,16H2,(H,17,18). The molecule has 0 unspecified atom stereocenters. The normalized spacial score (nSPS) is 10.9. The van der Waals surface area contributed by atoms with E-state index < -0.39 is 0 Å². The third-order valence-corrected chi connectivity index (χ3v) is 6.01. The van der Waals surface area contributed by atoms with E-state index in [4.69, 9.17) is 5.73 Å². The van der Waals surface area contributed by atoms with Gasteiger partial charge in [0.1, 0.15) is 0 Å². The highest BCUT2D eigenvalue weighted by Gasteiger charge is 2.14. The summed E-state index contributed by atoms with van der Waals surface area (Å²) in [6.45, 7) is 0. The highest BCUT2D eigenvalue weighted by atomic mass is 79.9. The molecule has 0 aliphatic carbocycles. The smallest absolute Gasteiger partial charge is 0.265 e. The van der Waals surface area contributed by atoms with Crippen molar-refractivity contribution >= 4 is 81.2 Å². The highest BCUT2D eigenvalue weighted by Crippen LogP contribution is 2.35. The first-order valence-corrected chi connectivity index (χ1v) is 8.86. The predicted octanol–water partition coefficient (Wildman–Crippen LogP) is 5.32. The predicted molar refractivity (Wildman–Crippen MR) is 93.9 cm³/mol. The molecule has 0 radical (unpaired) electrons. The van der Waals surface area contributed by atoms with Crippen molar-refractivity contribution in [1.29, 1.82) is 0 Å². The topological polar surface area (TPSA) is 55.1 Å². The summed E-state index contributed by atoms with van der Waals surface area (Å²) >= 11 is 9.94. The van der Waals surface area contributed by atoms with Crippen molar-refractivity contribution in [2.75, 3.05) is 11.1 Å². The Morgan fingerprint density at radius 1 is 1.15 bits per heavy atom. The number of nitrogens with two attached hydrogens (primary N) is 1. The first-order chi connectivity index (χ1) is 9.54. The fourth-order valence-electron chi connectivity index (χ4n) is 1.76. The minimum atomic E-state index is -0.121. The Morgan fingerprint density at radius 2 is 1.85 bits per heavy atom. The molecular weight excluding hydrogens is 424 g/mol. The maximum atomic E-state index is 12.3. The lowest BCUT2D eigenvalue weighted by Crippen LogP contribution is -2.11. The van der Waals surface area contributed by atoms with Crippen molar-refractivity contribution in [2.24, 2.45) is 0 Å². The zero-order chi connectivity index (χ0) is 14.3. The van der Waals surface area contributed by atoms with E-state index in [1.165, 1.54) is 11.3 Å². The molecule has 0 fully saturated rings. The van der Waals surface area contributed by atoms with Crippen LogP contribution in [0.1, 0.15) is 9.67 Å². The molecule has 3 rings (SSSR count). The van der Waals surface area contributed by atoms with Gasteiger partial charge >= 0.3 is 0 Å². The maximum absolute atomic E-state index is 12.3. The summed E-state index contributed by atoms with van der Waals surface area (Å²) < 4.78 is 3.76. The molecule has 1 aromatic carbocycles. The van der Waals surface area contributed by atoms with Crippen LogP contribution in [0, 0.1) is 0 Å². The average Bonchev–Trinajstić information content (AvgIpc) is 2.93. The number of anilines is 2. The number of rotatable bonds is 2. The molecule has 0 bridgehead atoms. The van der Waals surface area contributed by atoms with Crippen LogP contribution in [0.2, 0.25) is 0 Å². The van der Waals surface area contributed by atoms with Crippen molar-refractivity contribution in [3.05, 3.63) is 43.5 Å². The Bertz CT molecular complexity index is 758. The zero-order valence-electron chi connectivity index (χ0n) is 9.94. The Kier molecular flexibility index (Phi) is 3.85. The lowest BCUT2D eigenvalue weighted by Gasteiger charge is -2.09. The number of halogens is 2. The van der Waals surface area contributed by atoms with Crippen LogP contribution in [0.25, 0.3) is 9.40 Å². The molecule has 0 aliphatic heterocycles. The van der Waals surface area contributed by atoms with Crippen LogP contribution in [0.4, 0.5) is 11.4 Å². The fraction of sp³-hybridized carbons (Fsp3) is 0. The molecule has 0 aliphatic rings. The lowest BCUT2D eigenvalue weighted by molar-refractivity contribution is 0.103. The van der Waals surface area contributed by atoms with Gasteiger partial charge in [-0.25, -0.2) is 0 Å². The van der Waals surface area contributed by atoms with Crippen molar-refractivity contribution in [3.63, 3.8) is 0 Å². The molecular formula is C13H8Br2N2OS2. The second-order valence-electron chi connectivity index (χ2n) is 4.07. The first-order valence-electron chi connectivity index (χ1n) is 5.57. The van der Waals surface area contributed by atoms with Gasteiger partial charge in [0.15, 0.2) is 0 Å². The van der Waals surface area contributed by atoms with E-state index in [0.29, 0.717) is 16.3 Å². The molecule has 7 heteroatoms. The van der Waals surface area contributed by atoms with Gasteiger partial charge < -0.3 is 11.1 Å². The van der Waals surface area contributed by atoms with E-state index in [0.717, 1.165) is 18.3 Å². The number of carbonyl (C=O) groups excluding carboxylic acids is 1. The molecule has 102 valence electrons. The van der Waals surface area contributed by atoms with Crippen LogP contribution < -0.4 is 11.1 Å². The third-order valence-electron chi connectivity index (χ3n) is 2.67. The number of nitrogen functional groups attached to an aromatic ring is 1. The summed E-state index contributed by atoms with van der Waals surface area (Å²) in [5, 5.41) is 4.92. The minimum Gasteiger partial charge on any atom is -0.399 e. The molecule has 2 aromatic heterocycles. The SMILES string of the molecule is Nc1cc(Br)c(NC(=O)c2cc3sccc3s2)c(Br)c1. The van der Waals surface area contributed by atoms with E-state index >= 15 is 0 Å². The number of hydrogen-bond donors (Lipinski definition) is 2. The summed E-state index contributed by atoms with van der Waals surface area (Å²) in [7, 11) is 0. The van der Waals surface area contributed by atoms with E-state index in [2.05, 4.69) is 37.2 Å². The number of hydrogen-bond acceptors (Lipinski definition) is 4. The van der Waals surface area contributed by atoms with Gasteiger partial charge in [0.05, 0.1) is 10.6 Å².